The topological polar surface area (TPSA) is 70.8 Å². The minimum absolute atomic E-state index is 0.0301. The number of likely N-dealkylation sites (tertiary alicyclic amines) is 1. The molecule has 1 aliphatic rings. The molecule has 1 aliphatic heterocycles. The van der Waals surface area contributed by atoms with Gasteiger partial charge in [0, 0.05) is 19.5 Å². The molecule has 1 N–H and O–H groups in total. The van der Waals surface area contributed by atoms with E-state index in [2.05, 4.69) is 0 Å². The van der Waals surface area contributed by atoms with Crippen LogP contribution >= 0.6 is 0 Å². The summed E-state index contributed by atoms with van der Waals surface area (Å²) in [7, 11) is 0. The Morgan fingerprint density at radius 1 is 1.50 bits per heavy atom. The molecule has 2 heterocycles. The molecule has 0 aromatic carbocycles. The molecule has 1 aromatic heterocycles. The Bertz CT molecular complexity index is 413. The Morgan fingerprint density at radius 2 is 2.33 bits per heavy atom. The molecule has 0 bridgehead atoms. The van der Waals surface area contributed by atoms with Gasteiger partial charge in [-0.25, -0.2) is 0 Å². The third kappa shape index (κ3) is 3.20. The van der Waals surface area contributed by atoms with Gasteiger partial charge in [-0.15, -0.1) is 0 Å². The van der Waals surface area contributed by atoms with Gasteiger partial charge >= 0.3 is 5.97 Å². The number of rotatable bonds is 5. The zero-order chi connectivity index (χ0) is 13.0. The second-order valence-electron chi connectivity index (χ2n) is 4.63. The number of carboxylic acids is 1. The van der Waals surface area contributed by atoms with Crippen LogP contribution in [0.25, 0.3) is 0 Å². The van der Waals surface area contributed by atoms with Gasteiger partial charge in [0.25, 0.3) is 0 Å². The first-order valence-corrected chi connectivity index (χ1v) is 6.18. The second kappa shape index (κ2) is 5.82. The van der Waals surface area contributed by atoms with Gasteiger partial charge < -0.3 is 14.4 Å². The third-order valence-corrected chi connectivity index (χ3v) is 3.31. The maximum Gasteiger partial charge on any atom is 0.307 e. The maximum absolute atomic E-state index is 11.7. The highest BCUT2D eigenvalue weighted by molar-refractivity contribution is 5.93. The van der Waals surface area contributed by atoms with E-state index in [1.165, 1.54) is 6.26 Å². The van der Waals surface area contributed by atoms with Crippen LogP contribution in [0.5, 0.6) is 0 Å². The van der Waals surface area contributed by atoms with Crippen molar-refractivity contribution in [2.24, 2.45) is 5.92 Å². The molecular formula is C13H17NO4. The molecule has 18 heavy (non-hydrogen) atoms. The number of furan rings is 1. The molecule has 1 unspecified atom stereocenters. The van der Waals surface area contributed by atoms with E-state index in [1.807, 2.05) is 4.90 Å². The first-order valence-electron chi connectivity index (χ1n) is 6.18. The van der Waals surface area contributed by atoms with E-state index in [1.54, 1.807) is 12.1 Å². The fourth-order valence-electron chi connectivity index (χ4n) is 2.28. The molecule has 0 aliphatic carbocycles. The number of piperidine rings is 1. The van der Waals surface area contributed by atoms with Gasteiger partial charge in [-0.1, -0.05) is 0 Å². The summed E-state index contributed by atoms with van der Waals surface area (Å²) < 4.78 is 5.03. The number of hydrogen-bond acceptors (Lipinski definition) is 4. The molecule has 0 amide bonds. The van der Waals surface area contributed by atoms with Gasteiger partial charge in [-0.2, -0.15) is 0 Å². The number of carboxylic acid groups (broad SMARTS) is 1. The minimum Gasteiger partial charge on any atom is -0.481 e. The molecular weight excluding hydrogens is 234 g/mol. The number of hydrogen-bond donors (Lipinski definition) is 1. The van der Waals surface area contributed by atoms with Gasteiger partial charge in [0.1, 0.15) is 0 Å². The molecule has 0 radical (unpaired) electrons. The minimum atomic E-state index is -0.739. The Labute approximate surface area is 105 Å². The van der Waals surface area contributed by atoms with E-state index in [-0.39, 0.29) is 11.7 Å². The van der Waals surface area contributed by atoms with Crippen LogP contribution in [0.3, 0.4) is 0 Å². The van der Waals surface area contributed by atoms with Gasteiger partial charge in [-0.3, -0.25) is 9.59 Å². The van der Waals surface area contributed by atoms with E-state index in [9.17, 15) is 9.59 Å². The van der Waals surface area contributed by atoms with Crippen molar-refractivity contribution < 1.29 is 19.1 Å². The summed E-state index contributed by atoms with van der Waals surface area (Å²) in [6, 6.07) is 3.34. The van der Waals surface area contributed by atoms with E-state index in [0.717, 1.165) is 19.4 Å². The highest BCUT2D eigenvalue weighted by Gasteiger charge is 2.25. The summed E-state index contributed by atoms with van der Waals surface area (Å²) in [6.45, 7) is 2.01. The van der Waals surface area contributed by atoms with Gasteiger partial charge in [0.05, 0.1) is 12.2 Å². The molecule has 1 fully saturated rings. The lowest BCUT2D eigenvalue weighted by molar-refractivity contribution is -0.143. The average molecular weight is 251 g/mol. The molecule has 5 nitrogen and oxygen atoms in total. The van der Waals surface area contributed by atoms with Crippen LogP contribution in [0.1, 0.15) is 29.8 Å². The number of nitrogens with zero attached hydrogens (tertiary/aromatic N) is 1. The predicted octanol–water partition coefficient (Wildman–Crippen LogP) is 1.65. The maximum atomic E-state index is 11.7. The largest absolute Gasteiger partial charge is 0.481 e. The molecule has 0 spiro atoms. The molecule has 1 saturated heterocycles. The van der Waals surface area contributed by atoms with E-state index >= 15 is 0 Å². The van der Waals surface area contributed by atoms with Crippen LogP contribution in [0, 0.1) is 5.92 Å². The van der Waals surface area contributed by atoms with Crippen molar-refractivity contribution in [1.82, 2.24) is 4.90 Å². The molecule has 5 heteroatoms. The Balaban J connectivity index is 1.80. The van der Waals surface area contributed by atoms with Gasteiger partial charge in [0.2, 0.25) is 0 Å². The van der Waals surface area contributed by atoms with Crippen LogP contribution in [-0.4, -0.2) is 41.4 Å². The van der Waals surface area contributed by atoms with Crippen LogP contribution in [0.15, 0.2) is 22.8 Å². The Morgan fingerprint density at radius 3 is 3.00 bits per heavy atom. The summed E-state index contributed by atoms with van der Waals surface area (Å²) in [5.41, 5.74) is 0. The van der Waals surface area contributed by atoms with Crippen molar-refractivity contribution in [1.29, 1.82) is 0 Å². The third-order valence-electron chi connectivity index (χ3n) is 3.31. The van der Waals surface area contributed by atoms with Crippen molar-refractivity contribution in [3.8, 4) is 0 Å². The summed E-state index contributed by atoms with van der Waals surface area (Å²) in [6.07, 6.45) is 3.47. The highest BCUT2D eigenvalue weighted by atomic mass is 16.4. The SMILES string of the molecule is O=C(CCN1CCCC(C(=O)O)C1)c1ccco1. The average Bonchev–Trinajstić information content (AvgIpc) is 2.90. The van der Waals surface area contributed by atoms with Crippen molar-refractivity contribution >= 4 is 11.8 Å². The van der Waals surface area contributed by atoms with Crippen molar-refractivity contribution in [3.63, 3.8) is 0 Å². The smallest absolute Gasteiger partial charge is 0.307 e. The molecule has 0 saturated carbocycles. The summed E-state index contributed by atoms with van der Waals surface area (Å²) in [5.74, 6) is -0.686. The predicted molar refractivity (Wildman–Crippen MR) is 64.5 cm³/mol. The number of aliphatic carboxylic acids is 1. The monoisotopic (exact) mass is 251 g/mol. The van der Waals surface area contributed by atoms with Crippen LogP contribution in [0.4, 0.5) is 0 Å². The molecule has 2 rings (SSSR count). The Hall–Kier alpha value is -1.62. The molecule has 1 aromatic rings. The highest BCUT2D eigenvalue weighted by Crippen LogP contribution is 2.17. The summed E-state index contributed by atoms with van der Waals surface area (Å²) >= 11 is 0. The van der Waals surface area contributed by atoms with Crippen LogP contribution in [0.2, 0.25) is 0 Å². The van der Waals surface area contributed by atoms with E-state index < -0.39 is 5.97 Å². The number of carbonyl (C=O) groups is 2. The van der Waals surface area contributed by atoms with Crippen LogP contribution in [-0.2, 0) is 4.79 Å². The normalized spacial score (nSPS) is 20.8. The quantitative estimate of drug-likeness (QED) is 0.806. The van der Waals surface area contributed by atoms with Crippen molar-refractivity contribution in [2.75, 3.05) is 19.6 Å². The van der Waals surface area contributed by atoms with E-state index in [0.29, 0.717) is 25.3 Å². The molecule has 1 atom stereocenters. The zero-order valence-corrected chi connectivity index (χ0v) is 10.2. The zero-order valence-electron chi connectivity index (χ0n) is 10.2. The number of carbonyl (C=O) groups excluding carboxylic acids is 1. The van der Waals surface area contributed by atoms with E-state index in [4.69, 9.17) is 9.52 Å². The first kappa shape index (κ1) is 12.8. The van der Waals surface area contributed by atoms with Crippen molar-refractivity contribution in [2.45, 2.75) is 19.3 Å². The summed E-state index contributed by atoms with van der Waals surface area (Å²) in [4.78, 5) is 24.7. The Kier molecular flexibility index (Phi) is 4.15. The fourth-order valence-corrected chi connectivity index (χ4v) is 2.28. The number of ketones is 1. The lowest BCUT2D eigenvalue weighted by Crippen LogP contribution is -2.39. The second-order valence-corrected chi connectivity index (χ2v) is 4.63. The van der Waals surface area contributed by atoms with Crippen LogP contribution < -0.4 is 0 Å². The standard InChI is InChI=1S/C13H17NO4/c15-11(12-4-2-8-18-12)5-7-14-6-1-3-10(9-14)13(16)17/h2,4,8,10H,1,3,5-7,9H2,(H,16,17). The first-order chi connectivity index (χ1) is 8.66. The number of Topliss-reactive ketones (excluding diaryl/α,β-unsaturated/α-hetero) is 1. The van der Waals surface area contributed by atoms with Gasteiger partial charge in [-0.05, 0) is 31.5 Å². The fraction of sp³-hybridized carbons (Fsp3) is 0.538. The lowest BCUT2D eigenvalue weighted by atomic mass is 9.98. The lowest BCUT2D eigenvalue weighted by Gasteiger charge is -2.30. The molecule has 98 valence electrons. The van der Waals surface area contributed by atoms with Crippen molar-refractivity contribution in [3.05, 3.63) is 24.2 Å². The summed E-state index contributed by atoms with van der Waals surface area (Å²) in [5, 5.41) is 8.98. The van der Waals surface area contributed by atoms with Gasteiger partial charge in [0.15, 0.2) is 11.5 Å².